The number of nitrogen functional groups attached to an aromatic ring is 1. The summed E-state index contributed by atoms with van der Waals surface area (Å²) in [6.07, 6.45) is 0.896. The van der Waals surface area contributed by atoms with E-state index in [1.165, 1.54) is 24.7 Å². The number of halogens is 1. The Bertz CT molecular complexity index is 817. The summed E-state index contributed by atoms with van der Waals surface area (Å²) < 4.78 is 10.5. The Kier molecular flexibility index (Phi) is 6.27. The molecule has 1 aromatic carbocycles. The molecule has 2 aromatic rings. The summed E-state index contributed by atoms with van der Waals surface area (Å²) in [7, 11) is 1.49. The summed E-state index contributed by atoms with van der Waals surface area (Å²) >= 11 is 7.48. The van der Waals surface area contributed by atoms with E-state index in [1.807, 2.05) is 0 Å². The van der Waals surface area contributed by atoms with Gasteiger partial charge in [0.15, 0.2) is 0 Å². The van der Waals surface area contributed by atoms with E-state index in [1.54, 1.807) is 38.3 Å². The van der Waals surface area contributed by atoms with Crippen LogP contribution < -0.4 is 21.2 Å². The van der Waals surface area contributed by atoms with Gasteiger partial charge in [-0.15, -0.1) is 11.3 Å². The third kappa shape index (κ3) is 5.78. The molecule has 0 fully saturated rings. The highest BCUT2D eigenvalue weighted by Gasteiger charge is 2.18. The third-order valence-electron chi connectivity index (χ3n) is 2.85. The normalized spacial score (nSPS) is 11.4. The molecule has 0 radical (unpaired) electrons. The first-order valence-electron chi connectivity index (χ1n) is 7.55. The first kappa shape index (κ1) is 19.8. The Morgan fingerprint density at radius 1 is 1.42 bits per heavy atom. The number of hydrazone groups is 1. The van der Waals surface area contributed by atoms with E-state index in [4.69, 9.17) is 26.8 Å². The van der Waals surface area contributed by atoms with E-state index in [0.29, 0.717) is 33.0 Å². The number of hydrogen-bond donors (Lipinski definition) is 3. The quantitative estimate of drug-likeness (QED) is 0.515. The van der Waals surface area contributed by atoms with Gasteiger partial charge in [-0.05, 0) is 26.8 Å². The van der Waals surface area contributed by atoms with Gasteiger partial charge in [0.25, 0.3) is 0 Å². The van der Waals surface area contributed by atoms with Gasteiger partial charge in [-0.25, -0.2) is 9.78 Å². The molecule has 0 saturated heterocycles. The number of carbonyl (C=O) groups excluding carboxylic acids is 1. The van der Waals surface area contributed by atoms with Crippen LogP contribution in [0.3, 0.4) is 0 Å². The number of amides is 1. The van der Waals surface area contributed by atoms with Gasteiger partial charge >= 0.3 is 6.09 Å². The highest BCUT2D eigenvalue weighted by atomic mass is 35.5. The molecule has 4 N–H and O–H groups in total. The molecule has 0 aliphatic carbocycles. The van der Waals surface area contributed by atoms with Crippen molar-refractivity contribution in [1.82, 2.24) is 4.98 Å². The van der Waals surface area contributed by atoms with Crippen LogP contribution in [0.25, 0.3) is 0 Å². The number of rotatable bonds is 5. The van der Waals surface area contributed by atoms with E-state index >= 15 is 0 Å². The first-order valence-corrected chi connectivity index (χ1v) is 8.81. The van der Waals surface area contributed by atoms with Crippen molar-refractivity contribution in [3.8, 4) is 5.75 Å². The molecule has 0 saturated carbocycles. The molecule has 8 nitrogen and oxygen atoms in total. The van der Waals surface area contributed by atoms with Crippen molar-refractivity contribution in [2.75, 3.05) is 23.6 Å². The minimum atomic E-state index is -0.624. The Morgan fingerprint density at radius 3 is 2.73 bits per heavy atom. The molecular weight excluding hydrogens is 378 g/mol. The van der Waals surface area contributed by atoms with Gasteiger partial charge in [-0.3, -0.25) is 10.7 Å². The number of nitrogens with one attached hydrogen (secondary N) is 2. The van der Waals surface area contributed by atoms with E-state index < -0.39 is 11.7 Å². The number of methoxy groups -OCH3 is 1. The molecule has 0 aliphatic heterocycles. The summed E-state index contributed by atoms with van der Waals surface area (Å²) in [6, 6.07) is 3.21. The van der Waals surface area contributed by atoms with Gasteiger partial charge < -0.3 is 15.2 Å². The van der Waals surface area contributed by atoms with Crippen molar-refractivity contribution in [1.29, 1.82) is 0 Å². The van der Waals surface area contributed by atoms with Crippen molar-refractivity contribution in [3.63, 3.8) is 0 Å². The van der Waals surface area contributed by atoms with Crippen molar-refractivity contribution in [2.24, 2.45) is 5.10 Å². The number of nitrogens with zero attached hydrogens (tertiary/aromatic N) is 2. The highest BCUT2D eigenvalue weighted by molar-refractivity contribution is 7.14. The Hall–Kier alpha value is -2.52. The molecule has 0 aliphatic rings. The number of thiazole rings is 1. The molecule has 0 bridgehead atoms. The monoisotopic (exact) mass is 397 g/mol. The van der Waals surface area contributed by atoms with Gasteiger partial charge in [0.2, 0.25) is 5.13 Å². The summed E-state index contributed by atoms with van der Waals surface area (Å²) in [5, 5.41) is 9.37. The minimum Gasteiger partial charge on any atom is -0.495 e. The molecule has 10 heteroatoms. The zero-order valence-electron chi connectivity index (χ0n) is 14.8. The lowest BCUT2D eigenvalue weighted by Crippen LogP contribution is -2.27. The Balaban J connectivity index is 2.22. The molecule has 1 aromatic heterocycles. The van der Waals surface area contributed by atoms with Gasteiger partial charge in [0.1, 0.15) is 17.2 Å². The summed E-state index contributed by atoms with van der Waals surface area (Å²) in [4.78, 5) is 16.1. The second kappa shape index (κ2) is 8.24. The lowest BCUT2D eigenvalue weighted by molar-refractivity contribution is 0.0636. The van der Waals surface area contributed by atoms with Crippen molar-refractivity contribution < 1.29 is 14.3 Å². The summed E-state index contributed by atoms with van der Waals surface area (Å²) in [6.45, 7) is 5.34. The van der Waals surface area contributed by atoms with Crippen LogP contribution in [0.1, 0.15) is 26.3 Å². The van der Waals surface area contributed by atoms with E-state index in [9.17, 15) is 4.79 Å². The zero-order chi connectivity index (χ0) is 19.3. The van der Waals surface area contributed by atoms with Crippen LogP contribution in [0.5, 0.6) is 5.75 Å². The second-order valence-electron chi connectivity index (χ2n) is 6.15. The van der Waals surface area contributed by atoms with Gasteiger partial charge in [0, 0.05) is 17.0 Å². The highest BCUT2D eigenvalue weighted by Crippen LogP contribution is 2.31. The molecular formula is C16H20ClN5O3S. The molecule has 0 spiro atoms. The smallest absolute Gasteiger partial charge is 0.412 e. The molecule has 0 atom stereocenters. The van der Waals surface area contributed by atoms with Crippen molar-refractivity contribution in [2.45, 2.75) is 26.4 Å². The molecule has 140 valence electrons. The minimum absolute atomic E-state index is 0.377. The first-order chi connectivity index (χ1) is 12.2. The SMILES string of the molecule is COc1cc(NC(=O)OC(C)(C)C)c(C=NNc2nc(N)cs2)cc1Cl. The third-order valence-corrected chi connectivity index (χ3v) is 3.91. The maximum atomic E-state index is 12.1. The average Bonchev–Trinajstić information content (AvgIpc) is 2.93. The number of benzene rings is 1. The van der Waals surface area contributed by atoms with Crippen LogP contribution in [0.2, 0.25) is 5.02 Å². The predicted molar refractivity (Wildman–Crippen MR) is 106 cm³/mol. The molecule has 2 rings (SSSR count). The molecule has 0 unspecified atom stereocenters. The summed E-state index contributed by atoms with van der Waals surface area (Å²) in [5.41, 5.74) is 8.68. The van der Waals surface area contributed by atoms with Crippen LogP contribution in [0, 0.1) is 0 Å². The van der Waals surface area contributed by atoms with E-state index in [0.717, 1.165) is 0 Å². The average molecular weight is 398 g/mol. The largest absolute Gasteiger partial charge is 0.495 e. The fourth-order valence-corrected chi connectivity index (χ4v) is 2.65. The van der Waals surface area contributed by atoms with Crippen molar-refractivity contribution in [3.05, 3.63) is 28.1 Å². The number of carbonyl (C=O) groups is 1. The number of aromatic nitrogens is 1. The Labute approximate surface area is 160 Å². The number of nitrogens with two attached hydrogens (primary N) is 1. The van der Waals surface area contributed by atoms with Gasteiger partial charge in [0.05, 0.1) is 24.0 Å². The Morgan fingerprint density at radius 2 is 2.15 bits per heavy atom. The topological polar surface area (TPSA) is 111 Å². The lowest BCUT2D eigenvalue weighted by atomic mass is 10.2. The number of hydrogen-bond acceptors (Lipinski definition) is 8. The van der Waals surface area contributed by atoms with Crippen LogP contribution in [0.4, 0.5) is 21.4 Å². The maximum Gasteiger partial charge on any atom is 0.412 e. The van der Waals surface area contributed by atoms with E-state index in [-0.39, 0.29) is 0 Å². The van der Waals surface area contributed by atoms with Gasteiger partial charge in [-0.1, -0.05) is 11.6 Å². The standard InChI is InChI=1S/C16H20ClN5O3S/c1-16(2,3)25-15(23)20-11-6-12(24-4)10(17)5-9(11)7-19-22-14-21-13(18)8-26-14/h5-8H,18H2,1-4H3,(H,20,23)(H,21,22). The van der Waals surface area contributed by atoms with Crippen LogP contribution in [0.15, 0.2) is 22.6 Å². The van der Waals surface area contributed by atoms with Gasteiger partial charge in [-0.2, -0.15) is 5.10 Å². The molecule has 1 heterocycles. The fraction of sp³-hybridized carbons (Fsp3) is 0.312. The molecule has 26 heavy (non-hydrogen) atoms. The maximum absolute atomic E-state index is 12.1. The summed E-state index contributed by atoms with van der Waals surface area (Å²) in [5.74, 6) is 0.822. The van der Waals surface area contributed by atoms with Crippen LogP contribution in [-0.2, 0) is 4.74 Å². The molecule has 1 amide bonds. The predicted octanol–water partition coefficient (Wildman–Crippen LogP) is 4.18. The van der Waals surface area contributed by atoms with E-state index in [2.05, 4.69) is 20.8 Å². The second-order valence-corrected chi connectivity index (χ2v) is 7.41. The lowest BCUT2D eigenvalue weighted by Gasteiger charge is -2.20. The fourth-order valence-electron chi connectivity index (χ4n) is 1.85. The zero-order valence-corrected chi connectivity index (χ0v) is 16.4. The number of ether oxygens (including phenoxy) is 2. The van der Waals surface area contributed by atoms with Crippen molar-refractivity contribution >= 4 is 51.9 Å². The van der Waals surface area contributed by atoms with Crippen LogP contribution in [-0.4, -0.2) is 30.0 Å². The van der Waals surface area contributed by atoms with Crippen LogP contribution >= 0.6 is 22.9 Å². The number of anilines is 3.